The van der Waals surface area contributed by atoms with Crippen molar-refractivity contribution in [2.75, 3.05) is 0 Å². The van der Waals surface area contributed by atoms with Crippen molar-refractivity contribution in [2.24, 2.45) is 47.3 Å². The number of fused-ring (bicyclic) bond motifs is 12. The summed E-state index contributed by atoms with van der Waals surface area (Å²) in [6, 6.07) is 0. The Kier molecular flexibility index (Phi) is 1.40. The standard InChI is InChI=1S/C15H20O/c16-13-5-7-4-12(13)15-11-6-10(14(7)15)8-2-1-3-9(8)11/h7-12,14-15H,1-6H2/t7-,8-,9+,10+,11-,12+,14+,15+/m1/s1. The lowest BCUT2D eigenvalue weighted by atomic mass is 9.64. The van der Waals surface area contributed by atoms with Crippen molar-refractivity contribution in [3.05, 3.63) is 0 Å². The molecule has 0 saturated heterocycles. The normalized spacial score (nSPS) is 65.4. The summed E-state index contributed by atoms with van der Waals surface area (Å²) in [5.74, 6) is 8.09. The Hall–Kier alpha value is -0.330. The van der Waals surface area contributed by atoms with Gasteiger partial charge in [-0.2, -0.15) is 0 Å². The van der Waals surface area contributed by atoms with Crippen LogP contribution in [0.3, 0.4) is 0 Å². The van der Waals surface area contributed by atoms with Crippen LogP contribution in [0.15, 0.2) is 0 Å². The van der Waals surface area contributed by atoms with E-state index < -0.39 is 0 Å². The average molecular weight is 216 g/mol. The summed E-state index contributed by atoms with van der Waals surface area (Å²) in [7, 11) is 0. The number of carbonyl (C=O) groups excluding carboxylic acids is 1. The summed E-state index contributed by atoms with van der Waals surface area (Å²) >= 11 is 0. The summed E-state index contributed by atoms with van der Waals surface area (Å²) in [6.45, 7) is 0. The van der Waals surface area contributed by atoms with Crippen LogP contribution in [0.5, 0.6) is 0 Å². The lowest BCUT2D eigenvalue weighted by molar-refractivity contribution is -0.126. The van der Waals surface area contributed by atoms with Crippen LogP contribution in [0.1, 0.15) is 38.5 Å². The zero-order valence-corrected chi connectivity index (χ0v) is 9.77. The minimum absolute atomic E-state index is 0.534. The lowest BCUT2D eigenvalue weighted by Gasteiger charge is -2.40. The third-order valence-electron chi connectivity index (χ3n) is 7.14. The van der Waals surface area contributed by atoms with Crippen LogP contribution in [0.25, 0.3) is 0 Å². The maximum atomic E-state index is 11.9. The molecule has 0 aromatic rings. The highest BCUT2D eigenvalue weighted by atomic mass is 16.1. The molecule has 1 nitrogen and oxygen atoms in total. The molecule has 5 rings (SSSR count). The summed E-state index contributed by atoms with van der Waals surface area (Å²) in [5, 5.41) is 0. The van der Waals surface area contributed by atoms with Crippen LogP contribution in [0.2, 0.25) is 0 Å². The van der Waals surface area contributed by atoms with Gasteiger partial charge in [-0.05, 0) is 67.1 Å². The molecule has 0 unspecified atom stereocenters. The summed E-state index contributed by atoms with van der Waals surface area (Å²) < 4.78 is 0. The molecule has 1 heteroatoms. The van der Waals surface area contributed by atoms with Crippen molar-refractivity contribution in [2.45, 2.75) is 38.5 Å². The molecule has 0 aromatic heterocycles. The molecule has 0 amide bonds. The monoisotopic (exact) mass is 216 g/mol. The van der Waals surface area contributed by atoms with E-state index in [1.807, 2.05) is 0 Å². The lowest BCUT2D eigenvalue weighted by Crippen LogP contribution is -2.38. The first-order valence-corrected chi connectivity index (χ1v) is 7.37. The second-order valence-electron chi connectivity index (χ2n) is 7.25. The Bertz CT molecular complexity index is 374. The highest BCUT2D eigenvalue weighted by Crippen LogP contribution is 2.72. The molecule has 5 saturated carbocycles. The second kappa shape index (κ2) is 2.57. The van der Waals surface area contributed by atoms with Gasteiger partial charge < -0.3 is 0 Å². The second-order valence-corrected chi connectivity index (χ2v) is 7.25. The van der Waals surface area contributed by atoms with E-state index >= 15 is 0 Å². The summed E-state index contributed by atoms with van der Waals surface area (Å²) in [5.41, 5.74) is 0. The number of ketones is 1. The summed E-state index contributed by atoms with van der Waals surface area (Å²) in [6.07, 6.45) is 8.30. The predicted molar refractivity (Wildman–Crippen MR) is 60.6 cm³/mol. The number of hydrogen-bond acceptors (Lipinski definition) is 1. The Morgan fingerprint density at radius 1 is 0.875 bits per heavy atom. The SMILES string of the molecule is O=C1C[C@H]2C[C@@H]1[C@@H]1[C@@H]3C[C@@H]([C@@H]4CCC[C@@H]43)[C@H]21. The minimum atomic E-state index is 0.534. The zero-order valence-electron chi connectivity index (χ0n) is 9.77. The first kappa shape index (κ1) is 8.72. The van der Waals surface area contributed by atoms with Crippen molar-refractivity contribution < 1.29 is 4.79 Å². The van der Waals surface area contributed by atoms with Crippen molar-refractivity contribution in [1.29, 1.82) is 0 Å². The molecule has 5 aliphatic carbocycles. The van der Waals surface area contributed by atoms with Gasteiger partial charge in [0, 0.05) is 12.3 Å². The molecule has 4 bridgehead atoms. The Morgan fingerprint density at radius 3 is 2.44 bits per heavy atom. The maximum Gasteiger partial charge on any atom is 0.136 e. The van der Waals surface area contributed by atoms with Crippen LogP contribution in [-0.4, -0.2) is 5.78 Å². The molecule has 0 spiro atoms. The van der Waals surface area contributed by atoms with E-state index in [1.54, 1.807) is 0 Å². The fourth-order valence-corrected chi connectivity index (χ4v) is 7.05. The van der Waals surface area contributed by atoms with E-state index in [0.717, 1.165) is 47.8 Å². The maximum absolute atomic E-state index is 11.9. The van der Waals surface area contributed by atoms with Gasteiger partial charge in [-0.25, -0.2) is 0 Å². The number of carbonyl (C=O) groups is 1. The van der Waals surface area contributed by atoms with Crippen LogP contribution in [-0.2, 0) is 4.79 Å². The highest BCUT2D eigenvalue weighted by molar-refractivity contribution is 5.85. The first-order valence-electron chi connectivity index (χ1n) is 7.37. The molecule has 5 aliphatic rings. The molecule has 0 heterocycles. The molecular formula is C15H20O. The molecule has 0 radical (unpaired) electrons. The predicted octanol–water partition coefficient (Wildman–Crippen LogP) is 2.89. The Balaban J connectivity index is 1.59. The van der Waals surface area contributed by atoms with Crippen LogP contribution in [0, 0.1) is 47.3 Å². The molecule has 0 aliphatic heterocycles. The fourth-order valence-electron chi connectivity index (χ4n) is 7.05. The smallest absolute Gasteiger partial charge is 0.136 e. The minimum Gasteiger partial charge on any atom is -0.299 e. The topological polar surface area (TPSA) is 17.1 Å². The molecule has 86 valence electrons. The Morgan fingerprint density at radius 2 is 1.62 bits per heavy atom. The van der Waals surface area contributed by atoms with Crippen molar-refractivity contribution >= 4 is 5.78 Å². The quantitative estimate of drug-likeness (QED) is 0.569. The van der Waals surface area contributed by atoms with Gasteiger partial charge in [-0.1, -0.05) is 6.42 Å². The Labute approximate surface area is 97.0 Å². The van der Waals surface area contributed by atoms with Gasteiger partial charge in [0.1, 0.15) is 5.78 Å². The van der Waals surface area contributed by atoms with Crippen LogP contribution >= 0.6 is 0 Å². The van der Waals surface area contributed by atoms with Crippen LogP contribution in [0.4, 0.5) is 0 Å². The van der Waals surface area contributed by atoms with E-state index in [2.05, 4.69) is 0 Å². The molecule has 5 fully saturated rings. The molecule has 0 N–H and O–H groups in total. The van der Waals surface area contributed by atoms with E-state index in [1.165, 1.54) is 32.1 Å². The number of hydrogen-bond donors (Lipinski definition) is 0. The van der Waals surface area contributed by atoms with Gasteiger partial charge in [0.05, 0.1) is 0 Å². The number of rotatable bonds is 0. The van der Waals surface area contributed by atoms with E-state index in [-0.39, 0.29) is 0 Å². The number of Topliss-reactive ketones (excluding diaryl/α,β-unsaturated/α-hetero) is 1. The third-order valence-corrected chi connectivity index (χ3v) is 7.14. The van der Waals surface area contributed by atoms with E-state index in [0.29, 0.717) is 11.7 Å². The molecule has 0 aromatic carbocycles. The van der Waals surface area contributed by atoms with Crippen molar-refractivity contribution in [1.82, 2.24) is 0 Å². The largest absolute Gasteiger partial charge is 0.299 e. The zero-order chi connectivity index (χ0) is 10.4. The van der Waals surface area contributed by atoms with Crippen LogP contribution < -0.4 is 0 Å². The van der Waals surface area contributed by atoms with E-state index in [9.17, 15) is 4.79 Å². The highest BCUT2D eigenvalue weighted by Gasteiger charge is 2.67. The van der Waals surface area contributed by atoms with Gasteiger partial charge >= 0.3 is 0 Å². The van der Waals surface area contributed by atoms with Gasteiger partial charge in [-0.15, -0.1) is 0 Å². The summed E-state index contributed by atoms with van der Waals surface area (Å²) in [4.78, 5) is 11.9. The fraction of sp³-hybridized carbons (Fsp3) is 0.933. The average Bonchev–Trinajstić information content (AvgIpc) is 2.99. The van der Waals surface area contributed by atoms with Gasteiger partial charge in [0.2, 0.25) is 0 Å². The molecule has 8 atom stereocenters. The first-order chi connectivity index (χ1) is 7.84. The molecular weight excluding hydrogens is 196 g/mol. The van der Waals surface area contributed by atoms with Gasteiger partial charge in [0.25, 0.3) is 0 Å². The van der Waals surface area contributed by atoms with Crippen molar-refractivity contribution in [3.63, 3.8) is 0 Å². The van der Waals surface area contributed by atoms with E-state index in [4.69, 9.17) is 0 Å². The van der Waals surface area contributed by atoms with Crippen molar-refractivity contribution in [3.8, 4) is 0 Å². The van der Waals surface area contributed by atoms with Gasteiger partial charge in [-0.3, -0.25) is 4.79 Å². The molecule has 16 heavy (non-hydrogen) atoms. The third kappa shape index (κ3) is 0.762. The van der Waals surface area contributed by atoms with Gasteiger partial charge in [0.15, 0.2) is 0 Å².